The predicted molar refractivity (Wildman–Crippen MR) is 291 cm³/mol. The molecule has 1 atom stereocenters. The molecule has 2 nitrogen and oxygen atoms in total. The molecule has 0 heterocycles. The Morgan fingerprint density at radius 1 is 0.529 bits per heavy atom. The molecule has 324 valence electrons. The zero-order valence-electron chi connectivity index (χ0n) is 38.8. The van der Waals surface area contributed by atoms with Crippen LogP contribution in [0.4, 0.5) is 17.1 Å². The molecule has 9 aromatic rings. The third-order valence-corrected chi connectivity index (χ3v) is 15.1. The van der Waals surface area contributed by atoms with E-state index >= 15 is 0 Å². The predicted octanol–water partition coefficient (Wildman–Crippen LogP) is 17.6. The van der Waals surface area contributed by atoms with Crippen molar-refractivity contribution in [3.8, 4) is 33.4 Å². The van der Waals surface area contributed by atoms with Gasteiger partial charge < -0.3 is 11.1 Å². The summed E-state index contributed by atoms with van der Waals surface area (Å²) in [5, 5.41) is 13.2. The highest BCUT2D eigenvalue weighted by Gasteiger charge is 2.36. The monoisotopic (exact) mass is 870 g/mol. The Labute approximate surface area is 398 Å². The molecular weight excluding hydrogens is 821 g/mol. The van der Waals surface area contributed by atoms with Crippen LogP contribution < -0.4 is 11.1 Å². The number of nitrogens with one attached hydrogen (secondary N) is 1. The van der Waals surface area contributed by atoms with Crippen LogP contribution in [0.1, 0.15) is 35.6 Å². The van der Waals surface area contributed by atoms with Gasteiger partial charge in [-0.25, -0.2) is 0 Å². The SMILES string of the molecule is CC1=CCC2=CC=C3C(c4ccc(Nc5ccc6c(ccc7ccc(-c8cc(C)cc(-c9cccc%10c(-c%11cccc(C)c%11)c%11ccccc%11c(N)c9%10)c8)cc76)c5)c(C)c4)=CC=C4C=CC1=C2C43. The standard InChI is InChI=1S/C66H50N2/c1-38-9-7-10-48(31-38)62-56-11-5-6-12-58(56)66(67)65-55(13-8-14-59(62)65)50-33-39(2)32-49(35-50)45-19-17-42-18-20-47-36-51(25-29-54(47)60(42)37-45)68-61-30-24-46(34-41(61)4)53-27-22-44-21-26-52-40(3)15-16-43-23-28-57(53)64(44)63(43)52/h5-15,17-37,64,68H,16,67H2,1-4H3. The Morgan fingerprint density at radius 3 is 2.21 bits per heavy atom. The van der Waals surface area contributed by atoms with Crippen molar-refractivity contribution >= 4 is 65.7 Å². The Kier molecular flexibility index (Phi) is 9.11. The molecule has 0 amide bonds. The molecule has 0 bridgehead atoms. The van der Waals surface area contributed by atoms with Gasteiger partial charge >= 0.3 is 0 Å². The van der Waals surface area contributed by atoms with Crippen molar-refractivity contribution in [1.29, 1.82) is 0 Å². The van der Waals surface area contributed by atoms with Crippen molar-refractivity contribution in [2.45, 2.75) is 34.1 Å². The Hall–Kier alpha value is -8.20. The van der Waals surface area contributed by atoms with Gasteiger partial charge in [0.15, 0.2) is 0 Å². The minimum Gasteiger partial charge on any atom is -0.398 e. The van der Waals surface area contributed by atoms with E-state index in [0.717, 1.165) is 45.4 Å². The molecule has 0 saturated heterocycles. The van der Waals surface area contributed by atoms with E-state index in [1.807, 2.05) is 0 Å². The van der Waals surface area contributed by atoms with Crippen LogP contribution in [0.15, 0.2) is 228 Å². The van der Waals surface area contributed by atoms with Crippen LogP contribution in [-0.2, 0) is 0 Å². The molecule has 2 heteroatoms. The summed E-state index contributed by atoms with van der Waals surface area (Å²) in [5.41, 5.74) is 32.1. The van der Waals surface area contributed by atoms with Crippen LogP contribution in [0.2, 0.25) is 0 Å². The lowest BCUT2D eigenvalue weighted by Crippen LogP contribution is -2.23. The Balaban J connectivity index is 0.829. The zero-order valence-corrected chi connectivity index (χ0v) is 38.8. The number of benzene rings is 9. The van der Waals surface area contributed by atoms with Crippen molar-refractivity contribution in [2.24, 2.45) is 5.92 Å². The molecule has 0 fully saturated rings. The fraction of sp³-hybridized carbons (Fsp3) is 0.0909. The third-order valence-electron chi connectivity index (χ3n) is 15.1. The summed E-state index contributed by atoms with van der Waals surface area (Å²) >= 11 is 0. The highest BCUT2D eigenvalue weighted by atomic mass is 14.9. The van der Waals surface area contributed by atoms with Gasteiger partial charge in [-0.05, 0) is 192 Å². The fourth-order valence-corrected chi connectivity index (χ4v) is 11.8. The van der Waals surface area contributed by atoms with Gasteiger partial charge in [0.25, 0.3) is 0 Å². The number of nitrogen functional groups attached to an aromatic ring is 1. The van der Waals surface area contributed by atoms with Gasteiger partial charge in [0.1, 0.15) is 0 Å². The Morgan fingerprint density at radius 2 is 1.32 bits per heavy atom. The topological polar surface area (TPSA) is 38.0 Å². The highest BCUT2D eigenvalue weighted by molar-refractivity contribution is 6.23. The van der Waals surface area contributed by atoms with E-state index in [9.17, 15) is 0 Å². The molecule has 1 unspecified atom stereocenters. The maximum atomic E-state index is 7.20. The number of rotatable bonds is 6. The smallest absolute Gasteiger partial charge is 0.0480 e. The average Bonchev–Trinajstić information content (AvgIpc) is 3.36. The normalized spacial score (nSPS) is 16.1. The van der Waals surface area contributed by atoms with E-state index in [1.165, 1.54) is 116 Å². The second-order valence-electron chi connectivity index (χ2n) is 19.4. The number of anilines is 3. The molecule has 0 aliphatic heterocycles. The maximum Gasteiger partial charge on any atom is 0.0480 e. The maximum absolute atomic E-state index is 7.20. The quantitative estimate of drug-likeness (QED) is 0.0992. The lowest BCUT2D eigenvalue weighted by molar-refractivity contribution is 0.830. The number of hydrogen-bond donors (Lipinski definition) is 2. The first kappa shape index (κ1) is 40.1. The van der Waals surface area contributed by atoms with E-state index in [1.54, 1.807) is 0 Å². The van der Waals surface area contributed by atoms with Gasteiger partial charge in [-0.2, -0.15) is 0 Å². The van der Waals surface area contributed by atoms with Gasteiger partial charge in [0.2, 0.25) is 0 Å². The first-order valence-electron chi connectivity index (χ1n) is 23.9. The first-order chi connectivity index (χ1) is 33.2. The van der Waals surface area contributed by atoms with Crippen molar-refractivity contribution in [3.63, 3.8) is 0 Å². The van der Waals surface area contributed by atoms with Crippen molar-refractivity contribution < 1.29 is 0 Å². The molecule has 9 aromatic carbocycles. The van der Waals surface area contributed by atoms with Crippen molar-refractivity contribution in [1.82, 2.24) is 0 Å². The van der Waals surface area contributed by atoms with Gasteiger partial charge in [-0.15, -0.1) is 0 Å². The van der Waals surface area contributed by atoms with Gasteiger partial charge in [-0.1, -0.05) is 163 Å². The molecule has 3 N–H and O–H groups in total. The summed E-state index contributed by atoms with van der Waals surface area (Å²) in [5.74, 6) is 0.311. The van der Waals surface area contributed by atoms with Crippen LogP contribution in [0.5, 0.6) is 0 Å². The van der Waals surface area contributed by atoms with E-state index in [2.05, 4.69) is 227 Å². The summed E-state index contributed by atoms with van der Waals surface area (Å²) in [6, 6.07) is 56.1. The zero-order chi connectivity index (χ0) is 45.8. The second kappa shape index (κ2) is 15.4. The molecule has 0 saturated carbocycles. The number of allylic oxidation sites excluding steroid dienone is 14. The molecule has 0 spiro atoms. The fourth-order valence-electron chi connectivity index (χ4n) is 11.8. The molecule has 0 aromatic heterocycles. The van der Waals surface area contributed by atoms with Crippen LogP contribution in [0.25, 0.3) is 82.0 Å². The van der Waals surface area contributed by atoms with Gasteiger partial charge in [0.05, 0.1) is 0 Å². The lowest BCUT2D eigenvalue weighted by atomic mass is 9.65. The molecular formula is C66H50N2. The molecule has 13 rings (SSSR count). The van der Waals surface area contributed by atoms with E-state index in [0.29, 0.717) is 5.92 Å². The summed E-state index contributed by atoms with van der Waals surface area (Å²) in [6.07, 6.45) is 17.4. The first-order valence-corrected chi connectivity index (χ1v) is 23.9. The number of nitrogens with two attached hydrogens (primary N) is 1. The summed E-state index contributed by atoms with van der Waals surface area (Å²) in [7, 11) is 0. The minimum atomic E-state index is 0.311. The van der Waals surface area contributed by atoms with E-state index < -0.39 is 0 Å². The second-order valence-corrected chi connectivity index (χ2v) is 19.4. The lowest BCUT2D eigenvalue weighted by Gasteiger charge is -2.38. The van der Waals surface area contributed by atoms with Crippen LogP contribution in [0.3, 0.4) is 0 Å². The third kappa shape index (κ3) is 6.39. The minimum absolute atomic E-state index is 0.311. The number of fused-ring (bicyclic) bond motifs is 5. The Bertz CT molecular complexity index is 3950. The molecule has 4 aliphatic carbocycles. The van der Waals surface area contributed by atoms with Crippen LogP contribution in [-0.4, -0.2) is 0 Å². The average molecular weight is 871 g/mol. The van der Waals surface area contributed by atoms with Gasteiger partial charge in [-0.3, -0.25) is 0 Å². The molecule has 4 aliphatic rings. The van der Waals surface area contributed by atoms with Crippen LogP contribution >= 0.6 is 0 Å². The summed E-state index contributed by atoms with van der Waals surface area (Å²) in [4.78, 5) is 0. The van der Waals surface area contributed by atoms with E-state index in [4.69, 9.17) is 5.73 Å². The van der Waals surface area contributed by atoms with Gasteiger partial charge in [0, 0.05) is 33.8 Å². The number of aryl methyl sites for hydroxylation is 3. The van der Waals surface area contributed by atoms with Crippen molar-refractivity contribution in [3.05, 3.63) is 250 Å². The molecule has 0 radical (unpaired) electrons. The highest BCUT2D eigenvalue weighted by Crippen LogP contribution is 2.52. The van der Waals surface area contributed by atoms with Crippen molar-refractivity contribution in [2.75, 3.05) is 11.1 Å². The van der Waals surface area contributed by atoms with Crippen LogP contribution in [0, 0.1) is 26.7 Å². The number of hydrogen-bond acceptors (Lipinski definition) is 2. The summed E-state index contributed by atoms with van der Waals surface area (Å²) < 4.78 is 0. The summed E-state index contributed by atoms with van der Waals surface area (Å²) in [6.45, 7) is 8.83. The van der Waals surface area contributed by atoms with E-state index in [-0.39, 0.29) is 0 Å². The molecule has 68 heavy (non-hydrogen) atoms. The largest absolute Gasteiger partial charge is 0.398 e.